The summed E-state index contributed by atoms with van der Waals surface area (Å²) in [5, 5.41) is 20.6. The molecule has 2 aromatic rings. The summed E-state index contributed by atoms with van der Waals surface area (Å²) in [5.74, 6) is 0. The zero-order chi connectivity index (χ0) is 11.4. The summed E-state index contributed by atoms with van der Waals surface area (Å²) in [7, 11) is 0. The van der Waals surface area contributed by atoms with Gasteiger partial charge in [-0.3, -0.25) is 5.43 Å². The van der Waals surface area contributed by atoms with E-state index in [2.05, 4.69) is 20.5 Å². The number of imidazole rings is 1. The van der Waals surface area contributed by atoms with Gasteiger partial charge in [0.2, 0.25) is 5.71 Å². The minimum absolute atomic E-state index is 0.218. The molecular weight excluding hydrogens is 204 g/mol. The molecule has 16 heavy (non-hydrogen) atoms. The van der Waals surface area contributed by atoms with Gasteiger partial charge in [-0.15, -0.1) is 0 Å². The number of anilines is 1. The number of H-pyrrole nitrogens is 1. The molecule has 0 aliphatic heterocycles. The minimum atomic E-state index is -0.218. The van der Waals surface area contributed by atoms with Crippen LogP contribution < -0.4 is 5.43 Å². The van der Waals surface area contributed by atoms with Gasteiger partial charge in [-0.2, -0.15) is 15.6 Å². The lowest BCUT2D eigenvalue weighted by atomic mass is 10.3. The van der Waals surface area contributed by atoms with Gasteiger partial charge < -0.3 is 4.98 Å². The number of hydrazone groups is 1. The lowest BCUT2D eigenvalue weighted by Gasteiger charge is -1.98. The highest BCUT2D eigenvalue weighted by molar-refractivity contribution is 6.10. The fourth-order valence-electron chi connectivity index (χ4n) is 1.20. The Morgan fingerprint density at radius 1 is 1.38 bits per heavy atom. The van der Waals surface area contributed by atoms with Crippen LogP contribution in [0.3, 0.4) is 0 Å². The molecule has 0 spiro atoms. The summed E-state index contributed by atoms with van der Waals surface area (Å²) in [6.45, 7) is 0. The molecule has 0 aliphatic carbocycles. The van der Waals surface area contributed by atoms with Crippen molar-refractivity contribution in [3.05, 3.63) is 24.5 Å². The first-order valence-corrected chi connectivity index (χ1v) is 4.40. The molecule has 0 saturated carbocycles. The molecule has 2 rings (SSSR count). The lowest BCUT2D eigenvalue weighted by Crippen LogP contribution is -1.96. The van der Waals surface area contributed by atoms with Crippen molar-refractivity contribution in [1.82, 2.24) is 9.97 Å². The van der Waals surface area contributed by atoms with Gasteiger partial charge in [0.05, 0.1) is 23.0 Å². The third-order valence-corrected chi connectivity index (χ3v) is 1.93. The average Bonchev–Trinajstić information content (AvgIpc) is 2.77. The Bertz CT molecular complexity index is 609. The monoisotopic (exact) mass is 210 g/mol. The number of aromatic amines is 1. The van der Waals surface area contributed by atoms with Crippen molar-refractivity contribution in [3.63, 3.8) is 0 Å². The first-order chi connectivity index (χ1) is 7.83. The molecule has 0 saturated heterocycles. The maximum Gasteiger partial charge on any atom is 0.237 e. The molecule has 1 heterocycles. The van der Waals surface area contributed by atoms with Crippen LogP contribution in [0.4, 0.5) is 5.69 Å². The smallest absolute Gasteiger partial charge is 0.237 e. The van der Waals surface area contributed by atoms with Crippen LogP contribution in [0.25, 0.3) is 11.0 Å². The highest BCUT2D eigenvalue weighted by atomic mass is 15.3. The minimum Gasteiger partial charge on any atom is -0.345 e. The van der Waals surface area contributed by atoms with Gasteiger partial charge >= 0.3 is 0 Å². The maximum atomic E-state index is 8.48. The summed E-state index contributed by atoms with van der Waals surface area (Å²) in [5.41, 5.74) is 4.79. The SMILES string of the molecule is N#CC(C#N)=NNc1ccc2nc[nH]c2c1. The van der Waals surface area contributed by atoms with E-state index in [1.54, 1.807) is 30.6 Å². The fraction of sp³-hybridized carbons (Fsp3) is 0. The second-order valence-corrected chi connectivity index (χ2v) is 2.93. The zero-order valence-corrected chi connectivity index (χ0v) is 8.10. The van der Waals surface area contributed by atoms with E-state index < -0.39 is 0 Å². The number of nitrogens with zero attached hydrogens (tertiary/aromatic N) is 4. The van der Waals surface area contributed by atoms with Crippen LogP contribution in [0.5, 0.6) is 0 Å². The normalized spacial score (nSPS) is 9.12. The summed E-state index contributed by atoms with van der Waals surface area (Å²) in [4.78, 5) is 7.01. The number of aromatic nitrogens is 2. The molecule has 6 heteroatoms. The molecule has 0 unspecified atom stereocenters. The molecule has 76 valence electrons. The number of rotatable bonds is 2. The topological polar surface area (TPSA) is 101 Å². The second-order valence-electron chi connectivity index (χ2n) is 2.93. The van der Waals surface area contributed by atoms with E-state index in [1.165, 1.54) is 0 Å². The first kappa shape index (κ1) is 9.69. The van der Waals surface area contributed by atoms with Crippen LogP contribution in [0, 0.1) is 22.7 Å². The molecule has 0 amide bonds. The Morgan fingerprint density at radius 3 is 2.94 bits per heavy atom. The Balaban J connectivity index is 2.26. The van der Waals surface area contributed by atoms with Gasteiger partial charge in [-0.25, -0.2) is 4.98 Å². The van der Waals surface area contributed by atoms with Crippen LogP contribution in [0.2, 0.25) is 0 Å². The van der Waals surface area contributed by atoms with Gasteiger partial charge in [-0.05, 0) is 18.2 Å². The third kappa shape index (κ3) is 1.81. The zero-order valence-electron chi connectivity index (χ0n) is 8.10. The van der Waals surface area contributed by atoms with Crippen LogP contribution in [0.1, 0.15) is 0 Å². The number of nitrogens with one attached hydrogen (secondary N) is 2. The fourth-order valence-corrected chi connectivity index (χ4v) is 1.20. The molecular formula is C10H6N6. The Hall–Kier alpha value is -2.86. The predicted octanol–water partition coefficient (Wildman–Crippen LogP) is 1.38. The van der Waals surface area contributed by atoms with Gasteiger partial charge in [0, 0.05) is 0 Å². The van der Waals surface area contributed by atoms with Crippen molar-refractivity contribution >= 4 is 22.4 Å². The van der Waals surface area contributed by atoms with E-state index in [0.717, 1.165) is 11.0 Å². The maximum absolute atomic E-state index is 8.48. The number of fused-ring (bicyclic) bond motifs is 1. The molecule has 2 N–H and O–H groups in total. The van der Waals surface area contributed by atoms with E-state index in [1.807, 2.05) is 6.07 Å². The summed E-state index contributed by atoms with van der Waals surface area (Å²) in [6.07, 6.45) is 1.59. The first-order valence-electron chi connectivity index (χ1n) is 4.40. The average molecular weight is 210 g/mol. The Kier molecular flexibility index (Phi) is 2.49. The largest absolute Gasteiger partial charge is 0.345 e. The summed E-state index contributed by atoms with van der Waals surface area (Å²) < 4.78 is 0. The van der Waals surface area contributed by atoms with Crippen LogP contribution >= 0.6 is 0 Å². The van der Waals surface area contributed by atoms with Crippen molar-refractivity contribution in [1.29, 1.82) is 10.5 Å². The van der Waals surface area contributed by atoms with Crippen molar-refractivity contribution in [3.8, 4) is 12.1 Å². The summed E-state index contributed by atoms with van der Waals surface area (Å²) >= 11 is 0. The third-order valence-electron chi connectivity index (χ3n) is 1.93. The van der Waals surface area contributed by atoms with Crippen LogP contribution in [0.15, 0.2) is 29.6 Å². The van der Waals surface area contributed by atoms with Crippen LogP contribution in [-0.4, -0.2) is 15.7 Å². The molecule has 0 fully saturated rings. The molecule has 1 aromatic carbocycles. The highest BCUT2D eigenvalue weighted by Crippen LogP contribution is 2.15. The van der Waals surface area contributed by atoms with Gasteiger partial charge in [-0.1, -0.05) is 0 Å². The van der Waals surface area contributed by atoms with E-state index in [4.69, 9.17) is 10.5 Å². The Morgan fingerprint density at radius 2 is 2.19 bits per heavy atom. The van der Waals surface area contributed by atoms with Gasteiger partial charge in [0.1, 0.15) is 12.1 Å². The van der Waals surface area contributed by atoms with Crippen molar-refractivity contribution in [2.75, 3.05) is 5.43 Å². The number of hydrogen-bond donors (Lipinski definition) is 2. The van der Waals surface area contributed by atoms with Crippen LogP contribution in [-0.2, 0) is 0 Å². The van der Waals surface area contributed by atoms with Gasteiger partial charge in [0.25, 0.3) is 0 Å². The standard InChI is InChI=1S/C10H6N6/c11-4-8(5-12)16-15-7-1-2-9-10(3-7)14-6-13-9/h1-3,6,15H,(H,13,14). The Labute approximate surface area is 90.8 Å². The lowest BCUT2D eigenvalue weighted by molar-refractivity contribution is 1.34. The van der Waals surface area contributed by atoms with Crippen molar-refractivity contribution < 1.29 is 0 Å². The number of hydrogen-bond acceptors (Lipinski definition) is 5. The van der Waals surface area contributed by atoms with Crippen molar-refractivity contribution in [2.24, 2.45) is 5.10 Å². The second kappa shape index (κ2) is 4.11. The van der Waals surface area contributed by atoms with E-state index in [0.29, 0.717) is 5.69 Å². The highest BCUT2D eigenvalue weighted by Gasteiger charge is 1.98. The molecule has 0 aliphatic rings. The van der Waals surface area contributed by atoms with E-state index in [-0.39, 0.29) is 5.71 Å². The van der Waals surface area contributed by atoms with E-state index in [9.17, 15) is 0 Å². The summed E-state index contributed by atoms with van der Waals surface area (Å²) in [6, 6.07) is 8.68. The predicted molar refractivity (Wildman–Crippen MR) is 58.4 cm³/mol. The number of nitriles is 2. The number of benzene rings is 1. The molecule has 0 bridgehead atoms. The quantitative estimate of drug-likeness (QED) is 0.577. The van der Waals surface area contributed by atoms with Gasteiger partial charge in [0.15, 0.2) is 0 Å². The molecule has 0 radical (unpaired) electrons. The van der Waals surface area contributed by atoms with Crippen molar-refractivity contribution in [2.45, 2.75) is 0 Å². The molecule has 0 atom stereocenters. The van der Waals surface area contributed by atoms with E-state index >= 15 is 0 Å². The molecule has 6 nitrogen and oxygen atoms in total. The molecule has 1 aromatic heterocycles.